The largest absolute Gasteiger partial charge is 0.468 e. The molecule has 0 saturated carbocycles. The summed E-state index contributed by atoms with van der Waals surface area (Å²) in [5.41, 5.74) is 7.37. The third-order valence-electron chi connectivity index (χ3n) is 2.95. The molecule has 6 nitrogen and oxygen atoms in total. The normalized spacial score (nSPS) is 11.9. The topological polar surface area (TPSA) is 95.5 Å². The van der Waals surface area contributed by atoms with E-state index in [0.29, 0.717) is 23.5 Å². The van der Waals surface area contributed by atoms with E-state index in [4.69, 9.17) is 5.73 Å². The predicted octanol–water partition coefficient (Wildman–Crippen LogP) is 2.03. The highest BCUT2D eigenvalue weighted by molar-refractivity contribution is 7.98. The van der Waals surface area contributed by atoms with Gasteiger partial charge in [-0.1, -0.05) is 12.1 Å². The average molecular weight is 298 g/mol. The van der Waals surface area contributed by atoms with Gasteiger partial charge < -0.3 is 10.5 Å². The van der Waals surface area contributed by atoms with Crippen LogP contribution >= 0.6 is 11.8 Å². The molecule has 0 aliphatic heterocycles. The first-order valence-corrected chi connectivity index (χ1v) is 7.27. The Hall–Kier alpha value is -1.60. The molecule has 0 heterocycles. The van der Waals surface area contributed by atoms with Crippen molar-refractivity contribution < 1.29 is 14.5 Å². The van der Waals surface area contributed by atoms with Crippen LogP contribution in [0.5, 0.6) is 0 Å². The molecular weight excluding hydrogens is 280 g/mol. The summed E-state index contributed by atoms with van der Waals surface area (Å²) in [5.74, 6) is 0.928. The van der Waals surface area contributed by atoms with E-state index in [1.807, 2.05) is 6.07 Å². The molecule has 1 aromatic carbocycles. The number of esters is 1. The Bertz CT molecular complexity index is 493. The van der Waals surface area contributed by atoms with E-state index in [-0.39, 0.29) is 10.6 Å². The van der Waals surface area contributed by atoms with Crippen LogP contribution in [0.1, 0.15) is 17.5 Å². The van der Waals surface area contributed by atoms with Crippen LogP contribution in [0, 0.1) is 17.0 Å². The number of hydrogen-bond donors (Lipinski definition) is 1. The average Bonchev–Trinajstić information content (AvgIpc) is 2.43. The van der Waals surface area contributed by atoms with Crippen molar-refractivity contribution in [3.05, 3.63) is 39.4 Å². The molecule has 1 atom stereocenters. The van der Waals surface area contributed by atoms with E-state index >= 15 is 0 Å². The number of thioether (sulfide) groups is 1. The summed E-state index contributed by atoms with van der Waals surface area (Å²) < 4.78 is 4.54. The predicted molar refractivity (Wildman–Crippen MR) is 78.6 cm³/mol. The highest BCUT2D eigenvalue weighted by atomic mass is 32.2. The number of carbonyl (C=O) groups excluding carboxylic acids is 1. The molecule has 7 heteroatoms. The van der Waals surface area contributed by atoms with Gasteiger partial charge in [-0.2, -0.15) is 11.8 Å². The molecule has 0 aliphatic rings. The van der Waals surface area contributed by atoms with Gasteiger partial charge in [0.25, 0.3) is 5.69 Å². The zero-order valence-electron chi connectivity index (χ0n) is 11.5. The fraction of sp³-hybridized carbons (Fsp3) is 0.462. The first-order chi connectivity index (χ1) is 9.47. The molecule has 0 radical (unpaired) electrons. The molecular formula is C13H18N2O4S. The number of benzene rings is 1. The smallest absolute Gasteiger partial charge is 0.322 e. The lowest BCUT2D eigenvalue weighted by Gasteiger charge is -2.09. The number of carbonyl (C=O) groups is 1. The fourth-order valence-corrected chi connectivity index (χ4v) is 2.78. The molecule has 110 valence electrons. The highest BCUT2D eigenvalue weighted by Crippen LogP contribution is 2.24. The first-order valence-electron chi connectivity index (χ1n) is 6.11. The van der Waals surface area contributed by atoms with Gasteiger partial charge in [-0.05, 0) is 24.7 Å². The van der Waals surface area contributed by atoms with Crippen LogP contribution in [0.3, 0.4) is 0 Å². The summed E-state index contributed by atoms with van der Waals surface area (Å²) in [4.78, 5) is 21.6. The Morgan fingerprint density at radius 2 is 2.25 bits per heavy atom. The van der Waals surface area contributed by atoms with Crippen molar-refractivity contribution in [3.8, 4) is 0 Å². The molecule has 20 heavy (non-hydrogen) atoms. The highest BCUT2D eigenvalue weighted by Gasteiger charge is 2.15. The Kier molecular flexibility index (Phi) is 6.47. The molecule has 0 fully saturated rings. The van der Waals surface area contributed by atoms with Crippen LogP contribution in [0.15, 0.2) is 18.2 Å². The summed E-state index contributed by atoms with van der Waals surface area (Å²) in [5, 5.41) is 10.8. The third kappa shape index (κ3) is 4.50. The van der Waals surface area contributed by atoms with E-state index in [9.17, 15) is 14.9 Å². The van der Waals surface area contributed by atoms with Crippen molar-refractivity contribution in [2.75, 3.05) is 12.9 Å². The number of hydrogen-bond acceptors (Lipinski definition) is 6. The Labute approximate surface area is 121 Å². The van der Waals surface area contributed by atoms with E-state index < -0.39 is 12.0 Å². The van der Waals surface area contributed by atoms with Crippen LogP contribution in [-0.4, -0.2) is 29.8 Å². The van der Waals surface area contributed by atoms with E-state index in [2.05, 4.69) is 4.74 Å². The molecule has 0 bridgehead atoms. The number of ether oxygens (including phenoxy) is 1. The first kappa shape index (κ1) is 16.5. The third-order valence-corrected chi connectivity index (χ3v) is 3.99. The number of nitro benzene ring substituents is 1. The van der Waals surface area contributed by atoms with Crippen molar-refractivity contribution in [1.82, 2.24) is 0 Å². The maximum atomic E-state index is 11.1. The van der Waals surface area contributed by atoms with Gasteiger partial charge in [0, 0.05) is 17.4 Å². The van der Waals surface area contributed by atoms with E-state index in [1.54, 1.807) is 24.8 Å². The lowest BCUT2D eigenvalue weighted by molar-refractivity contribution is -0.385. The summed E-state index contributed by atoms with van der Waals surface area (Å²) in [6.07, 6.45) is 0.519. The zero-order chi connectivity index (χ0) is 15.1. The Balaban J connectivity index is 2.49. The van der Waals surface area contributed by atoms with E-state index in [0.717, 1.165) is 5.56 Å². The van der Waals surface area contributed by atoms with Crippen molar-refractivity contribution in [3.63, 3.8) is 0 Å². The van der Waals surface area contributed by atoms with Crippen LogP contribution in [0.25, 0.3) is 0 Å². The second-order valence-corrected chi connectivity index (χ2v) is 5.39. The molecule has 0 aromatic heterocycles. The van der Waals surface area contributed by atoms with Gasteiger partial charge in [-0.15, -0.1) is 0 Å². The summed E-state index contributed by atoms with van der Waals surface area (Å²) in [6, 6.07) is 4.44. The summed E-state index contributed by atoms with van der Waals surface area (Å²) >= 11 is 1.59. The van der Waals surface area contributed by atoms with Gasteiger partial charge in [0.05, 0.1) is 12.0 Å². The number of methoxy groups -OCH3 is 1. The minimum atomic E-state index is -0.612. The lowest BCUT2D eigenvalue weighted by atomic mass is 10.1. The van der Waals surface area contributed by atoms with Crippen molar-refractivity contribution in [2.45, 2.75) is 25.1 Å². The molecule has 1 aromatic rings. The van der Waals surface area contributed by atoms with Crippen LogP contribution < -0.4 is 5.73 Å². The Morgan fingerprint density at radius 1 is 1.55 bits per heavy atom. The van der Waals surface area contributed by atoms with Gasteiger partial charge in [-0.3, -0.25) is 14.9 Å². The second kappa shape index (κ2) is 7.86. The van der Waals surface area contributed by atoms with Gasteiger partial charge in [0.1, 0.15) is 6.04 Å². The second-order valence-electron chi connectivity index (χ2n) is 4.29. The number of rotatable bonds is 7. The molecule has 0 saturated heterocycles. The molecule has 1 unspecified atom stereocenters. The number of nitro groups is 1. The van der Waals surface area contributed by atoms with Crippen LogP contribution in [0.2, 0.25) is 0 Å². The van der Waals surface area contributed by atoms with Crippen molar-refractivity contribution >= 4 is 23.4 Å². The van der Waals surface area contributed by atoms with Crippen LogP contribution in [-0.2, 0) is 15.3 Å². The van der Waals surface area contributed by atoms with Crippen LogP contribution in [0.4, 0.5) is 5.69 Å². The van der Waals surface area contributed by atoms with E-state index in [1.165, 1.54) is 13.2 Å². The molecule has 2 N–H and O–H groups in total. The minimum Gasteiger partial charge on any atom is -0.468 e. The molecule has 0 spiro atoms. The maximum Gasteiger partial charge on any atom is 0.322 e. The van der Waals surface area contributed by atoms with Gasteiger partial charge in [-0.25, -0.2) is 0 Å². The SMILES string of the molecule is COC(=O)C(N)CCSCc1cccc([N+](=O)[O-])c1C. The standard InChI is InChI=1S/C13H18N2O4S/c1-9-10(4-3-5-12(9)15(17)18)8-20-7-6-11(14)13(16)19-2/h3-5,11H,6-8,14H2,1-2H3. The number of nitrogens with zero attached hydrogens (tertiary/aromatic N) is 1. The van der Waals surface area contributed by atoms with Gasteiger partial charge >= 0.3 is 5.97 Å². The van der Waals surface area contributed by atoms with Gasteiger partial charge in [0.15, 0.2) is 0 Å². The zero-order valence-corrected chi connectivity index (χ0v) is 12.3. The summed E-state index contributed by atoms with van der Waals surface area (Å²) in [7, 11) is 1.31. The summed E-state index contributed by atoms with van der Waals surface area (Å²) in [6.45, 7) is 1.74. The Morgan fingerprint density at radius 3 is 2.85 bits per heavy atom. The lowest BCUT2D eigenvalue weighted by Crippen LogP contribution is -2.31. The van der Waals surface area contributed by atoms with Gasteiger partial charge in [0.2, 0.25) is 0 Å². The van der Waals surface area contributed by atoms with Crippen molar-refractivity contribution in [1.29, 1.82) is 0 Å². The molecule has 0 amide bonds. The maximum absolute atomic E-state index is 11.1. The van der Waals surface area contributed by atoms with Crippen molar-refractivity contribution in [2.24, 2.45) is 5.73 Å². The quantitative estimate of drug-likeness (QED) is 0.358. The fourth-order valence-electron chi connectivity index (χ4n) is 1.69. The monoisotopic (exact) mass is 298 g/mol. The molecule has 1 rings (SSSR count). The number of nitrogens with two attached hydrogens (primary N) is 1. The molecule has 0 aliphatic carbocycles. The minimum absolute atomic E-state index is 0.134.